The SMILES string of the molecule is COc1cc(OC)c(F)c(-c2cc3cnc(-c4ccc(C5(C#N)CCC5)nc4)cc3n([C@H]3CCOC3)c2=O)c1F. The number of methoxy groups -OCH3 is 2. The molecule has 2 fully saturated rings. The van der Waals surface area contributed by atoms with Gasteiger partial charge in [-0.3, -0.25) is 14.8 Å². The van der Waals surface area contributed by atoms with Crippen LogP contribution < -0.4 is 15.0 Å². The first-order valence-corrected chi connectivity index (χ1v) is 13.0. The molecule has 204 valence electrons. The van der Waals surface area contributed by atoms with E-state index in [1.54, 1.807) is 18.5 Å². The third-order valence-corrected chi connectivity index (χ3v) is 8.00. The predicted octanol–water partition coefficient (Wildman–Crippen LogP) is 5.33. The van der Waals surface area contributed by atoms with Crippen molar-refractivity contribution in [3.05, 3.63) is 70.4 Å². The Labute approximate surface area is 228 Å². The van der Waals surface area contributed by atoms with Gasteiger partial charge in [-0.05, 0) is 49.9 Å². The molecule has 2 aliphatic rings. The van der Waals surface area contributed by atoms with Crippen LogP contribution in [-0.2, 0) is 10.2 Å². The maximum Gasteiger partial charge on any atom is 0.259 e. The fourth-order valence-electron chi connectivity index (χ4n) is 5.56. The molecule has 1 aromatic carbocycles. The largest absolute Gasteiger partial charge is 0.494 e. The van der Waals surface area contributed by atoms with Crippen LogP contribution in [0.3, 0.4) is 0 Å². The van der Waals surface area contributed by atoms with Crippen LogP contribution in [0.2, 0.25) is 0 Å². The molecule has 1 aliphatic heterocycles. The van der Waals surface area contributed by atoms with Gasteiger partial charge >= 0.3 is 0 Å². The number of nitrogens with zero attached hydrogens (tertiary/aromatic N) is 4. The molecule has 40 heavy (non-hydrogen) atoms. The molecule has 3 aromatic heterocycles. The summed E-state index contributed by atoms with van der Waals surface area (Å²) in [5.41, 5.74) is 0.806. The average molecular weight is 545 g/mol. The Morgan fingerprint density at radius 1 is 1.07 bits per heavy atom. The Balaban J connectivity index is 1.53. The maximum absolute atomic E-state index is 15.4. The van der Waals surface area contributed by atoms with E-state index in [1.807, 2.05) is 12.1 Å². The second-order valence-electron chi connectivity index (χ2n) is 10.1. The highest BCUT2D eigenvalue weighted by Crippen LogP contribution is 2.42. The van der Waals surface area contributed by atoms with Gasteiger partial charge < -0.3 is 18.8 Å². The summed E-state index contributed by atoms with van der Waals surface area (Å²) in [7, 11) is 2.51. The summed E-state index contributed by atoms with van der Waals surface area (Å²) in [6.07, 6.45) is 6.41. The lowest BCUT2D eigenvalue weighted by molar-refractivity contribution is 0.186. The maximum atomic E-state index is 15.4. The van der Waals surface area contributed by atoms with E-state index < -0.39 is 28.2 Å². The molecule has 6 rings (SSSR count). The number of halogens is 2. The van der Waals surface area contributed by atoms with Crippen LogP contribution in [0.4, 0.5) is 8.78 Å². The third-order valence-electron chi connectivity index (χ3n) is 8.00. The molecule has 8 nitrogen and oxygen atoms in total. The lowest BCUT2D eigenvalue weighted by Crippen LogP contribution is -2.33. The van der Waals surface area contributed by atoms with Crippen LogP contribution in [0.1, 0.15) is 37.4 Å². The Morgan fingerprint density at radius 3 is 2.38 bits per heavy atom. The Bertz CT molecular complexity index is 1690. The first kappa shape index (κ1) is 25.9. The predicted molar refractivity (Wildman–Crippen MR) is 143 cm³/mol. The van der Waals surface area contributed by atoms with E-state index in [9.17, 15) is 10.1 Å². The summed E-state index contributed by atoms with van der Waals surface area (Å²) in [6.45, 7) is 0.748. The monoisotopic (exact) mass is 544 g/mol. The normalized spacial score (nSPS) is 17.8. The van der Waals surface area contributed by atoms with Crippen LogP contribution in [0.15, 0.2) is 47.5 Å². The summed E-state index contributed by atoms with van der Waals surface area (Å²) in [4.78, 5) is 23.1. The van der Waals surface area contributed by atoms with Gasteiger partial charge in [0.05, 0.1) is 66.4 Å². The summed E-state index contributed by atoms with van der Waals surface area (Å²) < 4.78 is 48.2. The zero-order valence-corrected chi connectivity index (χ0v) is 22.0. The lowest BCUT2D eigenvalue weighted by Gasteiger charge is -2.34. The molecule has 0 N–H and O–H groups in total. The topological polar surface area (TPSA) is 99.3 Å². The minimum absolute atomic E-state index is 0.172. The van der Waals surface area contributed by atoms with Crippen molar-refractivity contribution in [2.24, 2.45) is 0 Å². The molecule has 0 radical (unpaired) electrons. The quantitative estimate of drug-likeness (QED) is 0.324. The van der Waals surface area contributed by atoms with Gasteiger partial charge in [0, 0.05) is 36.0 Å². The highest BCUT2D eigenvalue weighted by Gasteiger charge is 2.40. The van der Waals surface area contributed by atoms with Gasteiger partial charge in [0.25, 0.3) is 5.56 Å². The van der Waals surface area contributed by atoms with Crippen LogP contribution in [0.25, 0.3) is 33.3 Å². The molecule has 0 amide bonds. The number of fused-ring (bicyclic) bond motifs is 1. The van der Waals surface area contributed by atoms with Gasteiger partial charge in [-0.2, -0.15) is 5.26 Å². The van der Waals surface area contributed by atoms with E-state index in [0.29, 0.717) is 29.6 Å². The van der Waals surface area contributed by atoms with Gasteiger partial charge in [-0.25, -0.2) is 8.78 Å². The smallest absolute Gasteiger partial charge is 0.259 e. The first-order valence-electron chi connectivity index (χ1n) is 13.0. The fraction of sp³-hybridized carbons (Fsp3) is 0.333. The van der Waals surface area contributed by atoms with Crippen molar-refractivity contribution in [1.82, 2.24) is 14.5 Å². The minimum Gasteiger partial charge on any atom is -0.494 e. The van der Waals surface area contributed by atoms with Gasteiger partial charge in [0.15, 0.2) is 23.1 Å². The molecule has 0 unspecified atom stereocenters. The van der Waals surface area contributed by atoms with E-state index >= 15 is 8.78 Å². The molecular weight excluding hydrogens is 518 g/mol. The van der Waals surface area contributed by atoms with E-state index in [0.717, 1.165) is 36.6 Å². The highest BCUT2D eigenvalue weighted by atomic mass is 19.1. The molecule has 10 heteroatoms. The van der Waals surface area contributed by atoms with Crippen molar-refractivity contribution in [3.8, 4) is 40.0 Å². The summed E-state index contributed by atoms with van der Waals surface area (Å²) >= 11 is 0. The van der Waals surface area contributed by atoms with Crippen molar-refractivity contribution in [2.45, 2.75) is 37.1 Å². The van der Waals surface area contributed by atoms with Gasteiger partial charge in [0.2, 0.25) is 0 Å². The van der Waals surface area contributed by atoms with Crippen molar-refractivity contribution >= 4 is 10.9 Å². The number of benzene rings is 1. The Morgan fingerprint density at radius 2 is 1.82 bits per heavy atom. The first-order chi connectivity index (χ1) is 19.4. The summed E-state index contributed by atoms with van der Waals surface area (Å²) in [5.74, 6) is -2.48. The number of hydrogen-bond donors (Lipinski definition) is 0. The zero-order chi connectivity index (χ0) is 28.0. The zero-order valence-electron chi connectivity index (χ0n) is 22.0. The highest BCUT2D eigenvalue weighted by molar-refractivity contribution is 5.87. The number of hydrogen-bond acceptors (Lipinski definition) is 7. The van der Waals surface area contributed by atoms with Crippen LogP contribution in [-0.4, -0.2) is 42.0 Å². The lowest BCUT2D eigenvalue weighted by atomic mass is 9.67. The fourth-order valence-corrected chi connectivity index (χ4v) is 5.56. The molecule has 1 atom stereocenters. The van der Waals surface area contributed by atoms with Crippen LogP contribution >= 0.6 is 0 Å². The van der Waals surface area contributed by atoms with Gasteiger partial charge in [-0.15, -0.1) is 0 Å². The van der Waals surface area contributed by atoms with E-state index in [4.69, 9.17) is 14.2 Å². The Hall–Kier alpha value is -4.36. The van der Waals surface area contributed by atoms with E-state index in [-0.39, 0.29) is 29.7 Å². The molecule has 0 bridgehead atoms. The second kappa shape index (κ2) is 9.99. The Kier molecular flexibility index (Phi) is 6.47. The molecular formula is C30H26F2N4O4. The molecule has 1 aliphatic carbocycles. The van der Waals surface area contributed by atoms with Crippen LogP contribution in [0.5, 0.6) is 11.5 Å². The van der Waals surface area contributed by atoms with Crippen molar-refractivity contribution in [3.63, 3.8) is 0 Å². The number of rotatable bonds is 6. The molecule has 4 aromatic rings. The van der Waals surface area contributed by atoms with Crippen molar-refractivity contribution < 1.29 is 23.0 Å². The summed E-state index contributed by atoms with van der Waals surface area (Å²) in [6, 6.07) is 10.1. The number of nitriles is 1. The van der Waals surface area contributed by atoms with Gasteiger partial charge in [0.1, 0.15) is 0 Å². The van der Waals surface area contributed by atoms with Gasteiger partial charge in [-0.1, -0.05) is 0 Å². The van der Waals surface area contributed by atoms with Crippen LogP contribution in [0, 0.1) is 23.0 Å². The molecule has 1 saturated carbocycles. The van der Waals surface area contributed by atoms with Crippen molar-refractivity contribution in [1.29, 1.82) is 5.26 Å². The number of pyridine rings is 3. The standard InChI is InChI=1S/C30H26F2N4O4/c1-38-23-12-24(39-2)28(32)26(27(23)31)20-10-18-14-34-21(11-22(18)36(29(20)37)19-6-9-40-15-19)17-4-5-25(35-13-17)30(16-33)7-3-8-30/h4-5,10-14,19H,3,6-9,15H2,1-2H3/t19-/m0/s1. The number of aromatic nitrogens is 3. The van der Waals surface area contributed by atoms with E-state index in [2.05, 4.69) is 16.0 Å². The molecule has 1 saturated heterocycles. The third kappa shape index (κ3) is 4.00. The minimum atomic E-state index is -0.996. The summed E-state index contributed by atoms with van der Waals surface area (Å²) in [5, 5.41) is 10.2. The molecule has 4 heterocycles. The average Bonchev–Trinajstić information content (AvgIpc) is 3.48. The van der Waals surface area contributed by atoms with E-state index in [1.165, 1.54) is 24.9 Å². The second-order valence-corrected chi connectivity index (χ2v) is 10.1. The number of ether oxygens (including phenoxy) is 3. The molecule has 0 spiro atoms. The van der Waals surface area contributed by atoms with Crippen molar-refractivity contribution in [2.75, 3.05) is 27.4 Å².